The van der Waals surface area contributed by atoms with E-state index in [9.17, 15) is 4.79 Å². The fraction of sp³-hybridized carbons (Fsp3) is 0.283. The molecule has 1 aliphatic heterocycles. The van der Waals surface area contributed by atoms with Crippen LogP contribution in [0.4, 0.5) is 0 Å². The standard InChI is InChI=1S/C60H62O10/c1-43(2)20-19-21-44(3)34-35-63-57-54(64-38-46-24-11-5-12-25-46)51-33-32-50(36-52(51)69-59(57)61)68-60-58(67-41-49-30-17-8-18-31-49)56(66-40-48-28-15-7-16-29-48)55(65-39-47-26-13-6-14-27-47)53(70-60)42-62-37-45-22-9-4-10-23-45/h4-18,20,22-34,36,53,55-56,58,60H,19,21,35,37-42H2,1-3H3/t53-,55+,56+,58-,60-/m1/s1. The first-order chi connectivity index (χ1) is 34.4. The van der Waals surface area contributed by atoms with Crippen molar-refractivity contribution in [1.29, 1.82) is 0 Å². The lowest BCUT2D eigenvalue weighted by atomic mass is 9.97. The number of ether oxygens (including phenoxy) is 8. The Kier molecular flexibility index (Phi) is 18.2. The molecular formula is C60H62O10. The van der Waals surface area contributed by atoms with Crippen LogP contribution in [0.15, 0.2) is 202 Å². The third-order valence-corrected chi connectivity index (χ3v) is 11.9. The van der Waals surface area contributed by atoms with Gasteiger partial charge >= 0.3 is 5.63 Å². The molecule has 10 nitrogen and oxygen atoms in total. The third-order valence-electron chi connectivity index (χ3n) is 11.9. The summed E-state index contributed by atoms with van der Waals surface area (Å²) >= 11 is 0. The van der Waals surface area contributed by atoms with Crippen LogP contribution >= 0.6 is 0 Å². The van der Waals surface area contributed by atoms with E-state index in [1.165, 1.54) is 5.57 Å². The normalized spacial score (nSPS) is 18.0. The van der Waals surface area contributed by atoms with Crippen LogP contribution in [-0.2, 0) is 56.7 Å². The van der Waals surface area contributed by atoms with Gasteiger partial charge in [0.2, 0.25) is 12.0 Å². The average Bonchev–Trinajstić information content (AvgIpc) is 3.38. The van der Waals surface area contributed by atoms with E-state index in [1.54, 1.807) is 18.2 Å². The first-order valence-electron chi connectivity index (χ1n) is 24.0. The number of allylic oxidation sites excluding steroid dienone is 3. The van der Waals surface area contributed by atoms with Crippen molar-refractivity contribution >= 4 is 11.0 Å². The Hall–Kier alpha value is -6.79. The fourth-order valence-corrected chi connectivity index (χ4v) is 8.14. The first kappa shape index (κ1) is 49.6. The molecule has 0 aliphatic carbocycles. The molecule has 0 N–H and O–H groups in total. The minimum absolute atomic E-state index is 0.00580. The molecule has 7 aromatic rings. The molecule has 0 amide bonds. The van der Waals surface area contributed by atoms with E-state index in [2.05, 4.69) is 26.8 Å². The molecule has 0 bridgehead atoms. The Morgan fingerprint density at radius 1 is 0.543 bits per heavy atom. The molecular weight excluding hydrogens is 881 g/mol. The van der Waals surface area contributed by atoms with E-state index < -0.39 is 36.3 Å². The van der Waals surface area contributed by atoms with Gasteiger partial charge in [0.05, 0.1) is 38.4 Å². The monoisotopic (exact) mass is 942 g/mol. The summed E-state index contributed by atoms with van der Waals surface area (Å²) in [5.74, 6) is 0.633. The van der Waals surface area contributed by atoms with E-state index in [0.29, 0.717) is 24.3 Å². The molecule has 362 valence electrons. The van der Waals surface area contributed by atoms with Crippen molar-refractivity contribution in [3.8, 4) is 17.2 Å². The molecule has 0 unspecified atom stereocenters. The quantitative estimate of drug-likeness (QED) is 0.0430. The molecule has 1 saturated heterocycles. The van der Waals surface area contributed by atoms with Crippen molar-refractivity contribution in [3.63, 3.8) is 0 Å². The summed E-state index contributed by atoms with van der Waals surface area (Å²) in [4.78, 5) is 13.9. The van der Waals surface area contributed by atoms with Gasteiger partial charge < -0.3 is 42.3 Å². The molecule has 10 heteroatoms. The minimum atomic E-state index is -1.04. The topological polar surface area (TPSA) is 104 Å². The van der Waals surface area contributed by atoms with Gasteiger partial charge in [-0.1, -0.05) is 169 Å². The molecule has 8 rings (SSSR count). The van der Waals surface area contributed by atoms with Crippen molar-refractivity contribution in [2.45, 2.75) is 97.4 Å². The predicted molar refractivity (Wildman–Crippen MR) is 272 cm³/mol. The van der Waals surface area contributed by atoms with Gasteiger partial charge in [0.1, 0.15) is 49.0 Å². The third kappa shape index (κ3) is 14.4. The van der Waals surface area contributed by atoms with Crippen molar-refractivity contribution in [3.05, 3.63) is 231 Å². The van der Waals surface area contributed by atoms with Gasteiger partial charge in [-0.05, 0) is 79.6 Å². The van der Waals surface area contributed by atoms with E-state index >= 15 is 0 Å². The van der Waals surface area contributed by atoms with Crippen molar-refractivity contribution in [2.75, 3.05) is 13.2 Å². The fourth-order valence-electron chi connectivity index (χ4n) is 8.14. The van der Waals surface area contributed by atoms with Gasteiger partial charge in [0.25, 0.3) is 0 Å². The number of rotatable bonds is 24. The lowest BCUT2D eigenvalue weighted by Gasteiger charge is -2.45. The predicted octanol–water partition coefficient (Wildman–Crippen LogP) is 12.5. The molecule has 70 heavy (non-hydrogen) atoms. The Labute approximate surface area is 411 Å². The lowest BCUT2D eigenvalue weighted by Crippen LogP contribution is -2.62. The smallest absolute Gasteiger partial charge is 0.383 e. The summed E-state index contributed by atoms with van der Waals surface area (Å²) in [5, 5.41) is 0.536. The van der Waals surface area contributed by atoms with Gasteiger partial charge in [0.15, 0.2) is 5.75 Å². The van der Waals surface area contributed by atoms with Crippen LogP contribution in [0.1, 0.15) is 61.4 Å². The van der Waals surface area contributed by atoms with Crippen molar-refractivity contribution < 1.29 is 42.3 Å². The summed E-state index contributed by atoms with van der Waals surface area (Å²) < 4.78 is 59.4. The van der Waals surface area contributed by atoms with Gasteiger partial charge in [-0.2, -0.15) is 0 Å². The van der Waals surface area contributed by atoms with Crippen LogP contribution in [-0.4, -0.2) is 43.9 Å². The second-order valence-electron chi connectivity index (χ2n) is 17.6. The molecule has 0 spiro atoms. The lowest BCUT2D eigenvalue weighted by molar-refractivity contribution is -0.310. The molecule has 6 aromatic carbocycles. The van der Waals surface area contributed by atoms with E-state index in [4.69, 9.17) is 42.3 Å². The molecule has 1 aromatic heterocycles. The highest BCUT2D eigenvalue weighted by Crippen LogP contribution is 2.37. The summed E-state index contributed by atoms with van der Waals surface area (Å²) in [6.45, 7) is 7.93. The second-order valence-corrected chi connectivity index (χ2v) is 17.6. The molecule has 0 saturated carbocycles. The molecule has 5 atom stereocenters. The highest BCUT2D eigenvalue weighted by Gasteiger charge is 2.50. The molecule has 1 aliphatic rings. The molecule has 2 heterocycles. The van der Waals surface area contributed by atoms with E-state index in [1.807, 2.05) is 158 Å². The van der Waals surface area contributed by atoms with E-state index in [0.717, 1.165) is 46.2 Å². The maximum absolute atomic E-state index is 13.9. The van der Waals surface area contributed by atoms with Gasteiger partial charge in [-0.3, -0.25) is 0 Å². The van der Waals surface area contributed by atoms with Crippen molar-refractivity contribution in [1.82, 2.24) is 0 Å². The summed E-state index contributed by atoms with van der Waals surface area (Å²) in [6.07, 6.45) is 2.09. The largest absolute Gasteiger partial charge is 0.484 e. The SMILES string of the molecule is CC(C)=CCCC(C)=CCOc1c(OCc2ccccc2)c2ccc(O[C@@H]3O[C@H](COCc4ccccc4)[C@H](OCc4ccccc4)[C@H](OCc4ccccc4)[C@H]3OCc3ccccc3)cc2oc1=O. The van der Waals surface area contributed by atoms with Gasteiger partial charge in [-0.15, -0.1) is 0 Å². The van der Waals surface area contributed by atoms with Crippen LogP contribution < -0.4 is 19.8 Å². The van der Waals surface area contributed by atoms with Crippen LogP contribution in [0, 0.1) is 0 Å². The maximum atomic E-state index is 13.9. The van der Waals surface area contributed by atoms with Gasteiger partial charge in [-0.25, -0.2) is 4.79 Å². The number of hydrogen-bond acceptors (Lipinski definition) is 10. The number of fused-ring (bicyclic) bond motifs is 1. The highest BCUT2D eigenvalue weighted by molar-refractivity contribution is 5.86. The number of benzene rings is 6. The van der Waals surface area contributed by atoms with Crippen molar-refractivity contribution in [2.24, 2.45) is 0 Å². The Bertz CT molecular complexity index is 2770. The Balaban J connectivity index is 1.13. The first-order valence-corrected chi connectivity index (χ1v) is 24.0. The summed E-state index contributed by atoms with van der Waals surface area (Å²) in [6, 6.07) is 54.9. The Morgan fingerprint density at radius 3 is 1.61 bits per heavy atom. The van der Waals surface area contributed by atoms with Crippen LogP contribution in [0.3, 0.4) is 0 Å². The molecule has 1 fully saturated rings. The van der Waals surface area contributed by atoms with Gasteiger partial charge in [0, 0.05) is 6.07 Å². The second kappa shape index (κ2) is 25.7. The summed E-state index contributed by atoms with van der Waals surface area (Å²) in [5.41, 5.74) is 6.88. The molecule has 0 radical (unpaired) electrons. The zero-order valence-corrected chi connectivity index (χ0v) is 40.2. The Morgan fingerprint density at radius 2 is 1.06 bits per heavy atom. The van der Waals surface area contributed by atoms with Crippen LogP contribution in [0.2, 0.25) is 0 Å². The van der Waals surface area contributed by atoms with Crippen LogP contribution in [0.5, 0.6) is 17.2 Å². The van der Waals surface area contributed by atoms with E-state index in [-0.39, 0.29) is 50.1 Å². The summed E-state index contributed by atoms with van der Waals surface area (Å²) in [7, 11) is 0. The number of hydrogen-bond donors (Lipinski definition) is 0. The minimum Gasteiger partial charge on any atom is -0.484 e. The van der Waals surface area contributed by atoms with Crippen LogP contribution in [0.25, 0.3) is 11.0 Å². The zero-order valence-electron chi connectivity index (χ0n) is 40.2. The highest BCUT2D eigenvalue weighted by atomic mass is 16.7. The zero-order chi connectivity index (χ0) is 48.3. The average molecular weight is 943 g/mol. The maximum Gasteiger partial charge on any atom is 0.383 e.